The number of thioether (sulfide) groups is 2. The topological polar surface area (TPSA) is 92.3 Å². The Morgan fingerprint density at radius 3 is 1.46 bits per heavy atom. The summed E-state index contributed by atoms with van der Waals surface area (Å²) in [6, 6.07) is 5.31. The number of hydrogen-bond donors (Lipinski definition) is 2. The van der Waals surface area contributed by atoms with Crippen LogP contribution in [0.4, 0.5) is 0 Å². The molecule has 0 spiro atoms. The highest BCUT2D eigenvalue weighted by molar-refractivity contribution is 8.14. The van der Waals surface area contributed by atoms with Gasteiger partial charge in [0, 0.05) is 22.6 Å². The van der Waals surface area contributed by atoms with E-state index in [1.165, 1.54) is 23.5 Å². The lowest BCUT2D eigenvalue weighted by Gasteiger charge is -2.12. The summed E-state index contributed by atoms with van der Waals surface area (Å²) in [5.41, 5.74) is 0.785. The van der Waals surface area contributed by atoms with Crippen LogP contribution in [0, 0.1) is 0 Å². The first-order valence-electron chi connectivity index (χ1n) is 7.59. The number of hydrogen-bond acceptors (Lipinski definition) is 6. The normalized spacial score (nSPS) is 23.3. The van der Waals surface area contributed by atoms with Crippen molar-refractivity contribution in [1.29, 1.82) is 0 Å². The largest absolute Gasteiger partial charge is 0.341 e. The van der Waals surface area contributed by atoms with Crippen LogP contribution < -0.4 is 10.6 Å². The Morgan fingerprint density at radius 2 is 1.17 bits per heavy atom. The first kappa shape index (κ1) is 17.0. The zero-order valence-corrected chi connectivity index (χ0v) is 14.4. The molecule has 0 saturated carbocycles. The molecule has 3 rings (SSSR count). The van der Waals surface area contributed by atoms with E-state index >= 15 is 0 Å². The van der Waals surface area contributed by atoms with Gasteiger partial charge in [-0.05, 0) is 37.1 Å². The maximum absolute atomic E-state index is 12.1. The molecule has 2 amide bonds. The van der Waals surface area contributed by atoms with Crippen molar-refractivity contribution in [3.05, 3.63) is 35.4 Å². The molecule has 2 aliphatic rings. The molecule has 2 saturated heterocycles. The number of benzene rings is 1. The number of amides is 2. The highest BCUT2D eigenvalue weighted by Crippen LogP contribution is 2.21. The van der Waals surface area contributed by atoms with Gasteiger partial charge in [0.1, 0.15) is 0 Å². The Hall–Kier alpha value is -1.80. The van der Waals surface area contributed by atoms with Crippen LogP contribution in [0.1, 0.15) is 33.6 Å². The van der Waals surface area contributed by atoms with E-state index in [4.69, 9.17) is 0 Å². The van der Waals surface area contributed by atoms with Crippen LogP contribution in [0.5, 0.6) is 0 Å². The fraction of sp³-hybridized carbons (Fsp3) is 0.375. The SMILES string of the molecule is O=C(N[C@H]1CCSC1=O)c1ccc(C(=O)N[C@@H]2CCSC2=O)cc1. The van der Waals surface area contributed by atoms with Crippen molar-refractivity contribution in [3.63, 3.8) is 0 Å². The van der Waals surface area contributed by atoms with Crippen LogP contribution in [-0.2, 0) is 9.59 Å². The first-order valence-corrected chi connectivity index (χ1v) is 9.57. The Bertz CT molecular complexity index is 631. The van der Waals surface area contributed by atoms with E-state index in [2.05, 4.69) is 10.6 Å². The zero-order valence-electron chi connectivity index (χ0n) is 12.7. The van der Waals surface area contributed by atoms with Crippen molar-refractivity contribution in [2.75, 3.05) is 11.5 Å². The Labute approximate surface area is 147 Å². The molecular formula is C16H16N2O4S2. The van der Waals surface area contributed by atoms with Crippen LogP contribution in [0.15, 0.2) is 24.3 Å². The number of carbonyl (C=O) groups is 4. The van der Waals surface area contributed by atoms with E-state index in [9.17, 15) is 19.2 Å². The van der Waals surface area contributed by atoms with Gasteiger partial charge in [-0.2, -0.15) is 0 Å². The molecule has 6 nitrogen and oxygen atoms in total. The molecule has 126 valence electrons. The molecule has 0 bridgehead atoms. The van der Waals surface area contributed by atoms with Gasteiger partial charge >= 0.3 is 0 Å². The molecule has 2 fully saturated rings. The van der Waals surface area contributed by atoms with E-state index in [0.29, 0.717) is 24.0 Å². The first-order chi connectivity index (χ1) is 11.5. The smallest absolute Gasteiger partial charge is 0.251 e. The third-order valence-corrected chi connectivity index (χ3v) is 5.91. The molecule has 2 heterocycles. The van der Waals surface area contributed by atoms with Crippen molar-refractivity contribution in [3.8, 4) is 0 Å². The van der Waals surface area contributed by atoms with E-state index in [1.54, 1.807) is 24.3 Å². The van der Waals surface area contributed by atoms with Crippen molar-refractivity contribution in [2.45, 2.75) is 24.9 Å². The van der Waals surface area contributed by atoms with E-state index in [0.717, 1.165) is 11.5 Å². The van der Waals surface area contributed by atoms with Gasteiger partial charge in [-0.1, -0.05) is 23.5 Å². The second kappa shape index (κ2) is 7.40. The monoisotopic (exact) mass is 364 g/mol. The lowest BCUT2D eigenvalue weighted by Crippen LogP contribution is -2.37. The van der Waals surface area contributed by atoms with Gasteiger partial charge in [0.05, 0.1) is 12.1 Å². The van der Waals surface area contributed by atoms with Gasteiger partial charge in [-0.25, -0.2) is 0 Å². The van der Waals surface area contributed by atoms with Crippen LogP contribution in [0.2, 0.25) is 0 Å². The average molecular weight is 364 g/mol. The minimum Gasteiger partial charge on any atom is -0.341 e. The standard InChI is InChI=1S/C16H16N2O4S2/c19-13(17-11-5-7-23-15(11)21)9-1-2-10(4-3-9)14(20)18-12-6-8-24-16(12)22/h1-4,11-12H,5-8H2,(H,17,19)(H,18,20)/t11-,12+. The van der Waals surface area contributed by atoms with Gasteiger partial charge in [0.25, 0.3) is 11.8 Å². The summed E-state index contributed by atoms with van der Waals surface area (Å²) in [5.74, 6) is 0.789. The summed E-state index contributed by atoms with van der Waals surface area (Å²) in [4.78, 5) is 47.3. The molecule has 2 atom stereocenters. The molecule has 0 unspecified atom stereocenters. The molecule has 2 N–H and O–H groups in total. The molecule has 0 aromatic heterocycles. The summed E-state index contributed by atoms with van der Waals surface area (Å²) in [6.07, 6.45) is 1.28. The Kier molecular flexibility index (Phi) is 5.25. The highest BCUT2D eigenvalue weighted by Gasteiger charge is 2.28. The Morgan fingerprint density at radius 1 is 0.792 bits per heavy atom. The molecule has 24 heavy (non-hydrogen) atoms. The molecule has 0 aliphatic carbocycles. The maximum atomic E-state index is 12.1. The second-order valence-electron chi connectivity index (χ2n) is 5.54. The van der Waals surface area contributed by atoms with Crippen LogP contribution in [-0.4, -0.2) is 45.6 Å². The van der Waals surface area contributed by atoms with Gasteiger partial charge in [0.15, 0.2) is 0 Å². The van der Waals surface area contributed by atoms with E-state index in [-0.39, 0.29) is 22.0 Å². The minimum absolute atomic E-state index is 0.0153. The number of carbonyl (C=O) groups excluding carboxylic acids is 4. The van der Waals surface area contributed by atoms with Gasteiger partial charge in [0.2, 0.25) is 10.2 Å². The predicted molar refractivity (Wildman–Crippen MR) is 93.1 cm³/mol. The molecule has 1 aromatic carbocycles. The van der Waals surface area contributed by atoms with Crippen molar-refractivity contribution in [1.82, 2.24) is 10.6 Å². The highest BCUT2D eigenvalue weighted by atomic mass is 32.2. The fourth-order valence-corrected chi connectivity index (χ4v) is 4.38. The molecular weight excluding hydrogens is 348 g/mol. The third-order valence-electron chi connectivity index (χ3n) is 3.89. The Balaban J connectivity index is 1.60. The molecule has 0 radical (unpaired) electrons. The summed E-state index contributed by atoms with van der Waals surface area (Å²) >= 11 is 2.46. The molecule has 2 aliphatic heterocycles. The number of rotatable bonds is 4. The third kappa shape index (κ3) is 3.81. The van der Waals surface area contributed by atoms with Gasteiger partial charge in [-0.3, -0.25) is 19.2 Å². The summed E-state index contributed by atoms with van der Waals surface area (Å²) in [6.45, 7) is 0. The van der Waals surface area contributed by atoms with Crippen molar-refractivity contribution < 1.29 is 19.2 Å². The second-order valence-corrected chi connectivity index (χ2v) is 7.74. The quantitative estimate of drug-likeness (QED) is 0.834. The predicted octanol–water partition coefficient (Wildman–Crippen LogP) is 1.21. The zero-order chi connectivity index (χ0) is 17.1. The minimum atomic E-state index is -0.434. The lowest BCUT2D eigenvalue weighted by atomic mass is 10.1. The van der Waals surface area contributed by atoms with Crippen molar-refractivity contribution in [2.24, 2.45) is 0 Å². The fourth-order valence-electron chi connectivity index (χ4n) is 2.51. The van der Waals surface area contributed by atoms with E-state index < -0.39 is 12.1 Å². The van der Waals surface area contributed by atoms with Crippen molar-refractivity contribution >= 4 is 45.6 Å². The average Bonchev–Trinajstić information content (AvgIpc) is 3.16. The number of nitrogens with one attached hydrogen (secondary N) is 2. The maximum Gasteiger partial charge on any atom is 0.251 e. The van der Waals surface area contributed by atoms with Gasteiger partial charge < -0.3 is 10.6 Å². The summed E-state index contributed by atoms with van der Waals surface area (Å²) < 4.78 is 0. The lowest BCUT2D eigenvalue weighted by molar-refractivity contribution is -0.112. The van der Waals surface area contributed by atoms with E-state index in [1.807, 2.05) is 0 Å². The van der Waals surface area contributed by atoms with Crippen LogP contribution in [0.25, 0.3) is 0 Å². The molecule has 1 aromatic rings. The summed E-state index contributed by atoms with van der Waals surface area (Å²) in [7, 11) is 0. The summed E-state index contributed by atoms with van der Waals surface area (Å²) in [5, 5.41) is 5.37. The molecule has 8 heteroatoms. The van der Waals surface area contributed by atoms with Crippen LogP contribution in [0.3, 0.4) is 0 Å². The van der Waals surface area contributed by atoms with Gasteiger partial charge in [-0.15, -0.1) is 0 Å². The van der Waals surface area contributed by atoms with Crippen LogP contribution >= 0.6 is 23.5 Å².